The number of benzene rings is 6. The van der Waals surface area contributed by atoms with Gasteiger partial charge in [-0.15, -0.1) is 0 Å². The van der Waals surface area contributed by atoms with Crippen molar-refractivity contribution in [2.75, 3.05) is 0 Å². The van der Waals surface area contributed by atoms with Crippen LogP contribution in [0.5, 0.6) is 0 Å². The van der Waals surface area contributed by atoms with Crippen molar-refractivity contribution in [2.45, 2.75) is 38.9 Å². The van der Waals surface area contributed by atoms with Crippen LogP contribution in [0, 0.1) is 0 Å². The van der Waals surface area contributed by atoms with Crippen LogP contribution in [0.25, 0.3) is 65.8 Å². The third-order valence-electron chi connectivity index (χ3n) is 9.57. The summed E-state index contributed by atoms with van der Waals surface area (Å²) < 4.78 is 10.9. The van der Waals surface area contributed by atoms with Crippen LogP contribution in [0.4, 0.5) is 0 Å². The summed E-state index contributed by atoms with van der Waals surface area (Å²) in [6.45, 7) is 7.34. The van der Waals surface area contributed by atoms with Crippen LogP contribution >= 0.6 is 0 Å². The second kappa shape index (κ2) is 10.1. The molecule has 2 aromatic heterocycles. The molecule has 0 aliphatic heterocycles. The second-order valence-corrected chi connectivity index (χ2v) is 12.9. The molecule has 45 heavy (non-hydrogen) atoms. The van der Waals surface area contributed by atoms with Crippen LogP contribution in [0.15, 0.2) is 127 Å². The number of aliphatic hydroxyl groups is 1. The summed E-state index contributed by atoms with van der Waals surface area (Å²) in [4.78, 5) is 0. The number of para-hydroxylation sites is 3. The number of rotatable bonds is 6. The minimum absolute atomic E-state index is 0.740. The molecule has 0 saturated carbocycles. The van der Waals surface area contributed by atoms with Gasteiger partial charge in [-0.2, -0.15) is 0 Å². The van der Waals surface area contributed by atoms with Crippen molar-refractivity contribution in [2.24, 2.45) is 0 Å². The highest BCUT2D eigenvalue weighted by Crippen LogP contribution is 2.46. The van der Waals surface area contributed by atoms with Gasteiger partial charge in [-0.05, 0) is 74.9 Å². The first kappa shape index (κ1) is 27.7. The van der Waals surface area contributed by atoms with E-state index >= 15 is 0 Å². The van der Waals surface area contributed by atoms with Gasteiger partial charge in [-0.25, -0.2) is 0 Å². The summed E-state index contributed by atoms with van der Waals surface area (Å²) >= 11 is 0. The smallest absolute Gasteiger partial charge is 0.330 e. The molecule has 8 rings (SSSR count). The van der Waals surface area contributed by atoms with Gasteiger partial charge in [0.15, 0.2) is 0 Å². The molecule has 2 heterocycles. The maximum Gasteiger partial charge on any atom is 0.330 e. The molecule has 1 N–H and O–H groups in total. The van der Waals surface area contributed by atoms with Gasteiger partial charge < -0.3 is 18.9 Å². The zero-order valence-corrected chi connectivity index (χ0v) is 26.0. The van der Waals surface area contributed by atoms with Gasteiger partial charge in [0.05, 0.1) is 33.3 Å². The van der Waals surface area contributed by atoms with Crippen LogP contribution in [0.3, 0.4) is 0 Å². The van der Waals surface area contributed by atoms with Crippen molar-refractivity contribution < 1.29 is 9.76 Å². The second-order valence-electron chi connectivity index (χ2n) is 12.9. The van der Waals surface area contributed by atoms with E-state index in [1.54, 1.807) is 21.3 Å². The zero-order valence-electron chi connectivity index (χ0n) is 26.0. The van der Waals surface area contributed by atoms with E-state index in [1.165, 1.54) is 48.9 Å². The summed E-state index contributed by atoms with van der Waals surface area (Å²) in [7, 11) is 1.74. The molecule has 0 aliphatic rings. The lowest BCUT2D eigenvalue weighted by Crippen LogP contribution is -2.49. The molecule has 0 atom stereocenters. The average Bonchev–Trinajstić information content (AvgIpc) is 3.58. The SMILES string of the molecule is CC(C)(O)C(C)(C)O[B]c1ccc(-n2c3ccccc3c3c4ccccc4c4c5ccccc5n(-c5ccccc5)c4c32)cc1. The molecule has 0 bridgehead atoms. The van der Waals surface area contributed by atoms with Gasteiger partial charge in [-0.1, -0.05) is 96.5 Å². The van der Waals surface area contributed by atoms with Gasteiger partial charge in [0, 0.05) is 32.9 Å². The molecule has 0 unspecified atom stereocenters. The number of nitrogens with zero attached hydrogens (tertiary/aromatic N) is 2. The first-order valence-corrected chi connectivity index (χ1v) is 15.5. The van der Waals surface area contributed by atoms with E-state index in [9.17, 15) is 5.11 Å². The maximum atomic E-state index is 10.6. The van der Waals surface area contributed by atoms with E-state index in [1.807, 2.05) is 13.8 Å². The Hall–Kier alpha value is -4.84. The Morgan fingerprint density at radius 1 is 0.511 bits per heavy atom. The fraction of sp³-hybridized carbons (Fsp3) is 0.150. The lowest BCUT2D eigenvalue weighted by atomic mass is 9.82. The van der Waals surface area contributed by atoms with Crippen molar-refractivity contribution in [1.29, 1.82) is 0 Å². The number of hydrogen-bond acceptors (Lipinski definition) is 2. The normalized spacial score (nSPS) is 12.6. The Labute approximate surface area is 263 Å². The van der Waals surface area contributed by atoms with Gasteiger partial charge in [0.25, 0.3) is 0 Å². The van der Waals surface area contributed by atoms with E-state index in [-0.39, 0.29) is 0 Å². The zero-order chi connectivity index (χ0) is 30.9. The molecule has 6 aromatic carbocycles. The summed E-state index contributed by atoms with van der Waals surface area (Å²) in [6.07, 6.45) is 0. The molecule has 0 saturated heterocycles. The predicted octanol–water partition coefficient (Wildman–Crippen LogP) is 8.84. The number of fused-ring (bicyclic) bond motifs is 10. The van der Waals surface area contributed by atoms with Crippen molar-refractivity contribution in [1.82, 2.24) is 9.13 Å². The summed E-state index contributed by atoms with van der Waals surface area (Å²) in [5.74, 6) is 0. The third kappa shape index (κ3) is 4.22. The number of aromatic nitrogens is 2. The first-order valence-electron chi connectivity index (χ1n) is 15.5. The quantitative estimate of drug-likeness (QED) is 0.198. The van der Waals surface area contributed by atoms with E-state index in [0.717, 1.165) is 22.4 Å². The van der Waals surface area contributed by atoms with Gasteiger partial charge >= 0.3 is 7.48 Å². The number of hydrogen-bond donors (Lipinski definition) is 1. The first-order chi connectivity index (χ1) is 21.7. The highest BCUT2D eigenvalue weighted by Gasteiger charge is 2.35. The molecular formula is C40H34BN2O2. The topological polar surface area (TPSA) is 39.3 Å². The Bertz CT molecular complexity index is 2380. The van der Waals surface area contributed by atoms with Crippen molar-refractivity contribution in [3.05, 3.63) is 127 Å². The van der Waals surface area contributed by atoms with Crippen LogP contribution in [0.2, 0.25) is 0 Å². The van der Waals surface area contributed by atoms with Crippen molar-refractivity contribution in [3.8, 4) is 11.4 Å². The molecule has 5 heteroatoms. The molecule has 219 valence electrons. The van der Waals surface area contributed by atoms with E-state index < -0.39 is 11.2 Å². The predicted molar refractivity (Wildman–Crippen MR) is 189 cm³/mol. The summed E-state index contributed by atoms with van der Waals surface area (Å²) in [6, 6.07) is 45.5. The maximum absolute atomic E-state index is 10.6. The molecular weight excluding hydrogens is 551 g/mol. The van der Waals surface area contributed by atoms with Gasteiger partial charge in [0.1, 0.15) is 0 Å². The van der Waals surface area contributed by atoms with E-state index in [4.69, 9.17) is 4.65 Å². The van der Waals surface area contributed by atoms with Crippen molar-refractivity contribution >= 4 is 67.3 Å². The molecule has 0 aliphatic carbocycles. The van der Waals surface area contributed by atoms with Crippen LogP contribution in [-0.4, -0.2) is 32.9 Å². The van der Waals surface area contributed by atoms with Gasteiger partial charge in [0.2, 0.25) is 0 Å². The van der Waals surface area contributed by atoms with Crippen LogP contribution in [-0.2, 0) is 4.65 Å². The molecule has 8 aromatic rings. The van der Waals surface area contributed by atoms with Crippen LogP contribution < -0.4 is 5.46 Å². The Balaban J connectivity index is 1.47. The lowest BCUT2D eigenvalue weighted by Gasteiger charge is -2.37. The highest BCUT2D eigenvalue weighted by atomic mass is 16.5. The van der Waals surface area contributed by atoms with E-state index in [0.29, 0.717) is 0 Å². The molecule has 4 nitrogen and oxygen atoms in total. The Morgan fingerprint density at radius 2 is 0.933 bits per heavy atom. The Kier molecular flexibility index (Phi) is 6.21. The summed E-state index contributed by atoms with van der Waals surface area (Å²) in [5.41, 5.74) is 6.13. The monoisotopic (exact) mass is 585 g/mol. The summed E-state index contributed by atoms with van der Waals surface area (Å²) in [5, 5.41) is 18.0. The largest absolute Gasteiger partial charge is 0.427 e. The fourth-order valence-electron chi connectivity index (χ4n) is 6.57. The van der Waals surface area contributed by atoms with Crippen molar-refractivity contribution in [3.63, 3.8) is 0 Å². The molecule has 0 spiro atoms. The standard InChI is InChI=1S/C40H34BN2O2/c1-39(2,44)40(3,4)45-41-26-22-24-28(25-23-26)43-34-21-13-11-19-32(34)36-30-17-9-8-16-29(30)35-31-18-10-12-20-33(31)42(37(35)38(36)43)27-14-6-5-7-15-27/h5-25,44H,1-4H3. The molecule has 1 radical (unpaired) electrons. The van der Waals surface area contributed by atoms with Crippen LogP contribution in [0.1, 0.15) is 27.7 Å². The Morgan fingerprint density at radius 3 is 1.42 bits per heavy atom. The molecule has 0 fully saturated rings. The van der Waals surface area contributed by atoms with E-state index in [2.05, 4.69) is 137 Å². The fourth-order valence-corrected chi connectivity index (χ4v) is 6.57. The minimum atomic E-state index is -0.988. The molecule has 0 amide bonds. The minimum Gasteiger partial charge on any atom is -0.427 e. The lowest BCUT2D eigenvalue weighted by molar-refractivity contribution is -0.0893. The third-order valence-corrected chi connectivity index (χ3v) is 9.57. The average molecular weight is 586 g/mol. The highest BCUT2D eigenvalue weighted by molar-refractivity contribution is 6.47. The van der Waals surface area contributed by atoms with Gasteiger partial charge in [-0.3, -0.25) is 0 Å².